The Morgan fingerprint density at radius 3 is 2.36 bits per heavy atom. The Kier molecular flexibility index (Phi) is 6.21. The molecule has 7 heteroatoms. The fourth-order valence-electron chi connectivity index (χ4n) is 9.03. The van der Waals surface area contributed by atoms with Gasteiger partial charge in [0.05, 0.1) is 17.8 Å². The van der Waals surface area contributed by atoms with Gasteiger partial charge in [-0.25, -0.2) is 0 Å². The van der Waals surface area contributed by atoms with E-state index >= 15 is 0 Å². The van der Waals surface area contributed by atoms with Gasteiger partial charge in [0.15, 0.2) is 6.29 Å². The van der Waals surface area contributed by atoms with E-state index in [0.717, 1.165) is 57.8 Å². The van der Waals surface area contributed by atoms with Crippen LogP contribution in [0.1, 0.15) is 78.6 Å². The molecule has 1 aliphatic heterocycles. The van der Waals surface area contributed by atoms with E-state index in [-0.39, 0.29) is 29.5 Å². The summed E-state index contributed by atoms with van der Waals surface area (Å²) in [5.74, 6) is 1.49. The second-order valence-corrected chi connectivity index (χ2v) is 12.5. The maximum absolute atomic E-state index is 12.0. The van der Waals surface area contributed by atoms with Crippen LogP contribution >= 0.6 is 0 Å². The maximum Gasteiger partial charge on any atom is 0.186 e. The molecule has 0 aromatic rings. The van der Waals surface area contributed by atoms with Crippen molar-refractivity contribution in [2.24, 2.45) is 34.5 Å². The molecule has 0 bridgehead atoms. The molecular formula is C26H44O7. The summed E-state index contributed by atoms with van der Waals surface area (Å²) in [5, 5.41) is 52.4. The minimum atomic E-state index is -1.27. The molecular weight excluding hydrogens is 424 g/mol. The largest absolute Gasteiger partial charge is 0.396 e. The zero-order valence-electron chi connectivity index (χ0n) is 20.4. The van der Waals surface area contributed by atoms with Gasteiger partial charge in [0.1, 0.15) is 18.3 Å². The Labute approximate surface area is 197 Å². The summed E-state index contributed by atoms with van der Waals surface area (Å²) in [6.45, 7) is 6.50. The minimum Gasteiger partial charge on any atom is -0.396 e. The number of hydrogen-bond donors (Lipinski definition) is 5. The number of fused-ring (bicyclic) bond motifs is 5. The summed E-state index contributed by atoms with van der Waals surface area (Å²) in [6.07, 6.45) is 3.49. The third-order valence-corrected chi connectivity index (χ3v) is 11.4. The Bertz CT molecular complexity index is 733. The van der Waals surface area contributed by atoms with Crippen molar-refractivity contribution in [1.29, 1.82) is 0 Å². The van der Waals surface area contributed by atoms with Crippen LogP contribution in [0.25, 0.3) is 0 Å². The molecule has 0 amide bonds. The Morgan fingerprint density at radius 2 is 1.64 bits per heavy atom. The lowest BCUT2D eigenvalue weighted by Gasteiger charge is -2.63. The van der Waals surface area contributed by atoms with Crippen molar-refractivity contribution < 1.29 is 35.0 Å². The molecule has 5 fully saturated rings. The van der Waals surface area contributed by atoms with Gasteiger partial charge in [-0.15, -0.1) is 0 Å². The second kappa shape index (κ2) is 8.39. The van der Waals surface area contributed by atoms with Crippen LogP contribution in [-0.2, 0) is 9.47 Å². The first-order chi connectivity index (χ1) is 15.5. The van der Waals surface area contributed by atoms with Crippen LogP contribution in [0.4, 0.5) is 0 Å². The van der Waals surface area contributed by atoms with Gasteiger partial charge in [0, 0.05) is 12.0 Å². The van der Waals surface area contributed by atoms with Crippen LogP contribution in [0.15, 0.2) is 0 Å². The molecule has 0 aromatic heterocycles. The predicted molar refractivity (Wildman–Crippen MR) is 121 cm³/mol. The Hall–Kier alpha value is -0.280. The summed E-state index contributed by atoms with van der Waals surface area (Å²) in [5.41, 5.74) is -0.688. The van der Waals surface area contributed by atoms with Gasteiger partial charge in [0.2, 0.25) is 0 Å². The van der Waals surface area contributed by atoms with Crippen LogP contribution in [0.2, 0.25) is 0 Å². The van der Waals surface area contributed by atoms with E-state index in [9.17, 15) is 25.5 Å². The number of aliphatic hydroxyl groups excluding tert-OH is 4. The fraction of sp³-hybridized carbons (Fsp3) is 1.00. The molecule has 1 heterocycles. The first-order valence-corrected chi connectivity index (χ1v) is 13.2. The number of ether oxygens (including phenoxy) is 2. The smallest absolute Gasteiger partial charge is 0.186 e. The molecule has 1 saturated heterocycles. The van der Waals surface area contributed by atoms with E-state index in [4.69, 9.17) is 9.47 Å². The summed E-state index contributed by atoms with van der Waals surface area (Å²) in [4.78, 5) is 0. The highest BCUT2D eigenvalue weighted by molar-refractivity contribution is 5.16. The molecule has 33 heavy (non-hydrogen) atoms. The van der Waals surface area contributed by atoms with Crippen molar-refractivity contribution in [2.75, 3.05) is 6.61 Å². The molecule has 7 nitrogen and oxygen atoms in total. The van der Waals surface area contributed by atoms with Gasteiger partial charge in [-0.05, 0) is 93.8 Å². The zero-order valence-corrected chi connectivity index (χ0v) is 20.4. The molecule has 0 spiro atoms. The van der Waals surface area contributed by atoms with E-state index in [1.165, 1.54) is 0 Å². The lowest BCUT2D eigenvalue weighted by atomic mass is 9.43. The first-order valence-electron chi connectivity index (χ1n) is 13.2. The average molecular weight is 469 g/mol. The molecule has 5 aliphatic rings. The Balaban J connectivity index is 1.28. The van der Waals surface area contributed by atoms with Crippen molar-refractivity contribution in [3.05, 3.63) is 0 Å². The van der Waals surface area contributed by atoms with E-state index in [2.05, 4.69) is 13.8 Å². The standard InChI is InChI=1S/C26H44O7/c1-14-20(28)21(29)22(30)23(32-14)33-17-7-9-24(2)15(12-17)4-5-19-18(24)8-10-25(3)16(13-27)6-11-26(19,25)31/h14-23,27-31H,4-13H2,1-3H3/t14-,15+,16+,17-,18-,19+,20-,21+,22+,23+,24-,25+,26-/m0/s1. The van der Waals surface area contributed by atoms with Gasteiger partial charge in [-0.1, -0.05) is 13.8 Å². The summed E-state index contributed by atoms with van der Waals surface area (Å²) < 4.78 is 11.9. The normalized spacial score (nSPS) is 58.9. The predicted octanol–water partition coefficient (Wildman–Crippen LogP) is 1.97. The van der Waals surface area contributed by atoms with Gasteiger partial charge < -0.3 is 35.0 Å². The fourth-order valence-corrected chi connectivity index (χ4v) is 9.03. The average Bonchev–Trinajstić information content (AvgIpc) is 3.06. The highest BCUT2D eigenvalue weighted by Gasteiger charge is 2.67. The summed E-state index contributed by atoms with van der Waals surface area (Å²) >= 11 is 0. The third kappa shape index (κ3) is 3.48. The quantitative estimate of drug-likeness (QED) is 0.402. The van der Waals surface area contributed by atoms with E-state index in [1.54, 1.807) is 6.92 Å². The number of aliphatic hydroxyl groups is 5. The molecule has 0 unspecified atom stereocenters. The molecule has 0 aromatic carbocycles. The van der Waals surface area contributed by atoms with Gasteiger partial charge in [0.25, 0.3) is 0 Å². The van der Waals surface area contributed by atoms with E-state index in [0.29, 0.717) is 17.8 Å². The third-order valence-electron chi connectivity index (χ3n) is 11.4. The van der Waals surface area contributed by atoms with Gasteiger partial charge >= 0.3 is 0 Å². The topological polar surface area (TPSA) is 120 Å². The van der Waals surface area contributed by atoms with E-state index in [1.807, 2.05) is 0 Å². The molecule has 5 N–H and O–H groups in total. The highest BCUT2D eigenvalue weighted by atomic mass is 16.7. The van der Waals surface area contributed by atoms with Gasteiger partial charge in [-0.2, -0.15) is 0 Å². The Morgan fingerprint density at radius 1 is 0.879 bits per heavy atom. The van der Waals surface area contributed by atoms with Crippen molar-refractivity contribution in [2.45, 2.75) is 121 Å². The number of rotatable bonds is 3. The zero-order chi connectivity index (χ0) is 23.8. The minimum absolute atomic E-state index is 0.0453. The van der Waals surface area contributed by atoms with Crippen LogP contribution in [0, 0.1) is 34.5 Å². The van der Waals surface area contributed by atoms with Gasteiger partial charge in [-0.3, -0.25) is 0 Å². The molecule has 4 aliphatic carbocycles. The first kappa shape index (κ1) is 24.4. The highest BCUT2D eigenvalue weighted by Crippen LogP contribution is 2.69. The van der Waals surface area contributed by atoms with Crippen molar-refractivity contribution in [3.63, 3.8) is 0 Å². The molecule has 0 radical (unpaired) electrons. The van der Waals surface area contributed by atoms with Crippen LogP contribution in [-0.4, -0.2) is 74.6 Å². The lowest BCUT2D eigenvalue weighted by molar-refractivity contribution is -0.310. The van der Waals surface area contributed by atoms with Crippen molar-refractivity contribution >= 4 is 0 Å². The monoisotopic (exact) mass is 468 g/mol. The maximum atomic E-state index is 12.0. The van der Waals surface area contributed by atoms with Crippen LogP contribution < -0.4 is 0 Å². The summed E-state index contributed by atoms with van der Waals surface area (Å²) in [7, 11) is 0. The number of hydrogen-bond acceptors (Lipinski definition) is 7. The molecule has 4 saturated carbocycles. The van der Waals surface area contributed by atoms with Crippen molar-refractivity contribution in [3.8, 4) is 0 Å². The van der Waals surface area contributed by atoms with Crippen LogP contribution in [0.5, 0.6) is 0 Å². The second-order valence-electron chi connectivity index (χ2n) is 12.5. The van der Waals surface area contributed by atoms with E-state index < -0.39 is 36.3 Å². The lowest BCUT2D eigenvalue weighted by Crippen LogP contribution is -2.62. The SMILES string of the molecule is C[C@@H]1O[C@H](O[C@H]2CC[C@@]3(C)[C@H](CC[C@@H]4[C@@H]3CC[C@]3(C)[C@@H](CO)CC[C@]43O)C2)[C@H](O)[C@H](O)[C@H]1O. The molecule has 5 rings (SSSR count). The molecule has 13 atom stereocenters. The van der Waals surface area contributed by atoms with Crippen molar-refractivity contribution in [1.82, 2.24) is 0 Å². The van der Waals surface area contributed by atoms with Crippen LogP contribution in [0.3, 0.4) is 0 Å². The molecule has 190 valence electrons. The summed E-state index contributed by atoms with van der Waals surface area (Å²) in [6, 6.07) is 0.